The van der Waals surface area contributed by atoms with E-state index in [0.717, 1.165) is 16.8 Å². The molecule has 27 heavy (non-hydrogen) atoms. The minimum atomic E-state index is -4.66. The van der Waals surface area contributed by atoms with Gasteiger partial charge in [0.05, 0.1) is 18.5 Å². The first-order chi connectivity index (χ1) is 12.7. The van der Waals surface area contributed by atoms with E-state index in [2.05, 4.69) is 5.10 Å². The fourth-order valence-electron chi connectivity index (χ4n) is 2.53. The van der Waals surface area contributed by atoms with Crippen LogP contribution in [-0.4, -0.2) is 27.7 Å². The van der Waals surface area contributed by atoms with E-state index in [4.69, 9.17) is 4.74 Å². The molecule has 0 saturated heterocycles. The Hall–Kier alpha value is -2.52. The molecule has 2 aromatic carbocycles. The number of benzene rings is 2. The van der Waals surface area contributed by atoms with E-state index in [1.807, 2.05) is 0 Å². The van der Waals surface area contributed by atoms with Gasteiger partial charge in [-0.3, -0.25) is 0 Å². The van der Waals surface area contributed by atoms with Crippen molar-refractivity contribution in [3.05, 3.63) is 60.0 Å². The highest BCUT2D eigenvalue weighted by molar-refractivity contribution is 7.90. The first-order valence-electron chi connectivity index (χ1n) is 7.65. The van der Waals surface area contributed by atoms with Crippen LogP contribution in [-0.2, 0) is 17.4 Å². The summed E-state index contributed by atoms with van der Waals surface area (Å²) in [5.41, 5.74) is -0.503. The summed E-state index contributed by atoms with van der Waals surface area (Å²) in [5, 5.41) is 3.64. The smallest absolute Gasteiger partial charge is 0.435 e. The van der Waals surface area contributed by atoms with Gasteiger partial charge in [0.1, 0.15) is 6.26 Å². The van der Waals surface area contributed by atoms with Crippen LogP contribution >= 0.6 is 0 Å². The summed E-state index contributed by atoms with van der Waals surface area (Å²) in [5.74, 6) is -0.719. The van der Waals surface area contributed by atoms with Crippen molar-refractivity contribution in [1.82, 2.24) is 9.78 Å². The van der Waals surface area contributed by atoms with Crippen LogP contribution in [0.3, 0.4) is 0 Å². The van der Waals surface area contributed by atoms with E-state index in [1.165, 1.54) is 37.6 Å². The molecule has 0 saturated carbocycles. The molecule has 0 amide bonds. The third kappa shape index (κ3) is 3.93. The van der Waals surface area contributed by atoms with Crippen LogP contribution in [0.5, 0.6) is 5.75 Å². The Labute approximate surface area is 155 Å². The molecule has 142 valence electrons. The third-order valence-corrected chi connectivity index (χ3v) is 4.80. The van der Waals surface area contributed by atoms with Crippen molar-refractivity contribution in [2.45, 2.75) is 11.1 Å². The standard InChI is InChI=1S/C18H14F4N2O2S/c1-26-16-8-3-11(9-14(16)19)15-10-17(18(20,21)22)23-24(15)12-4-6-13(7-5-12)27(2)25/h3-10H,1-2H3. The summed E-state index contributed by atoms with van der Waals surface area (Å²) >= 11 is -1.22. The minimum absolute atomic E-state index is 0.0179. The Bertz CT molecular complexity index is 953. The molecule has 4 nitrogen and oxygen atoms in total. The maximum atomic E-state index is 14.0. The zero-order valence-electron chi connectivity index (χ0n) is 14.2. The van der Waals surface area contributed by atoms with Gasteiger partial charge in [-0.2, -0.15) is 18.3 Å². The predicted octanol–water partition coefficient (Wildman–Crippen LogP) is 4.44. The average Bonchev–Trinajstić information content (AvgIpc) is 3.07. The number of halogens is 4. The van der Waals surface area contributed by atoms with Crippen molar-refractivity contribution in [2.75, 3.05) is 13.4 Å². The summed E-state index contributed by atoms with van der Waals surface area (Å²) in [6, 6.07) is 10.8. The number of alkyl halides is 3. The van der Waals surface area contributed by atoms with Crippen LogP contribution in [0, 0.1) is 5.82 Å². The Balaban J connectivity index is 2.15. The van der Waals surface area contributed by atoms with Gasteiger partial charge in [-0.25, -0.2) is 9.07 Å². The highest BCUT2D eigenvalue weighted by atomic mass is 32.2. The molecule has 1 heterocycles. The Morgan fingerprint density at radius 1 is 1.07 bits per heavy atom. The molecule has 1 atom stereocenters. The molecule has 0 N–H and O–H groups in total. The van der Waals surface area contributed by atoms with Gasteiger partial charge in [-0.1, -0.05) is 0 Å². The topological polar surface area (TPSA) is 50.1 Å². The lowest BCUT2D eigenvalue weighted by Crippen LogP contribution is -2.07. The zero-order chi connectivity index (χ0) is 19.8. The number of rotatable bonds is 4. The molecule has 0 aliphatic heterocycles. The van der Waals surface area contributed by atoms with E-state index >= 15 is 0 Å². The number of aromatic nitrogens is 2. The maximum Gasteiger partial charge on any atom is 0.435 e. The van der Waals surface area contributed by atoms with Gasteiger partial charge in [0, 0.05) is 5.56 Å². The second kappa shape index (κ2) is 7.24. The SMILES string of the molecule is COc1ccc(-c2cc(C(F)(F)F)nn2-c2ccc([S+](C)[O-])cc2)cc1F. The quantitative estimate of drug-likeness (QED) is 0.482. The summed E-state index contributed by atoms with van der Waals surface area (Å²) in [7, 11) is 1.29. The maximum absolute atomic E-state index is 14.0. The first kappa shape index (κ1) is 19.2. The fourth-order valence-corrected chi connectivity index (χ4v) is 3.05. The summed E-state index contributed by atoms with van der Waals surface area (Å²) < 4.78 is 71.0. The van der Waals surface area contributed by atoms with Crippen molar-refractivity contribution in [2.24, 2.45) is 0 Å². The van der Waals surface area contributed by atoms with E-state index in [-0.39, 0.29) is 17.0 Å². The summed E-state index contributed by atoms with van der Waals surface area (Å²) in [6.45, 7) is 0. The summed E-state index contributed by atoms with van der Waals surface area (Å²) in [4.78, 5) is 0.527. The molecule has 1 aromatic heterocycles. The van der Waals surface area contributed by atoms with Gasteiger partial charge < -0.3 is 9.29 Å². The molecule has 0 aliphatic carbocycles. The fraction of sp³-hybridized carbons (Fsp3) is 0.167. The molecule has 9 heteroatoms. The van der Waals surface area contributed by atoms with Crippen LogP contribution in [0.2, 0.25) is 0 Å². The van der Waals surface area contributed by atoms with Crippen LogP contribution in [0.4, 0.5) is 17.6 Å². The van der Waals surface area contributed by atoms with E-state index in [9.17, 15) is 22.1 Å². The minimum Gasteiger partial charge on any atom is -0.612 e. The van der Waals surface area contributed by atoms with Gasteiger partial charge in [0.25, 0.3) is 0 Å². The van der Waals surface area contributed by atoms with Gasteiger partial charge >= 0.3 is 6.18 Å². The predicted molar refractivity (Wildman–Crippen MR) is 92.8 cm³/mol. The molecule has 3 aromatic rings. The lowest BCUT2D eigenvalue weighted by Gasteiger charge is -2.10. The Morgan fingerprint density at radius 3 is 2.26 bits per heavy atom. The van der Waals surface area contributed by atoms with Gasteiger partial charge in [0.15, 0.2) is 22.2 Å². The molecule has 0 spiro atoms. The molecule has 0 aliphatic rings. The third-order valence-electron chi connectivity index (χ3n) is 3.86. The highest BCUT2D eigenvalue weighted by Crippen LogP contribution is 2.34. The molecule has 1 unspecified atom stereocenters. The largest absolute Gasteiger partial charge is 0.612 e. The van der Waals surface area contributed by atoms with Crippen LogP contribution in [0.25, 0.3) is 16.9 Å². The molecular weight excluding hydrogens is 384 g/mol. The highest BCUT2D eigenvalue weighted by Gasteiger charge is 2.35. The number of hydrogen-bond donors (Lipinski definition) is 0. The molecule has 3 rings (SSSR count). The number of hydrogen-bond acceptors (Lipinski definition) is 3. The zero-order valence-corrected chi connectivity index (χ0v) is 15.1. The monoisotopic (exact) mass is 398 g/mol. The van der Waals surface area contributed by atoms with Crippen molar-refractivity contribution >= 4 is 11.2 Å². The molecule has 0 bridgehead atoms. The lowest BCUT2D eigenvalue weighted by atomic mass is 10.1. The van der Waals surface area contributed by atoms with Crippen LogP contribution in [0.1, 0.15) is 5.69 Å². The molecule has 0 radical (unpaired) electrons. The van der Waals surface area contributed by atoms with Crippen molar-refractivity contribution in [3.8, 4) is 22.7 Å². The second-order valence-electron chi connectivity index (χ2n) is 5.62. The van der Waals surface area contributed by atoms with Crippen molar-refractivity contribution in [1.29, 1.82) is 0 Å². The molecular formula is C18H14F4N2O2S. The molecule has 0 fully saturated rings. The van der Waals surface area contributed by atoms with Crippen molar-refractivity contribution < 1.29 is 26.9 Å². The Kier molecular flexibility index (Phi) is 5.16. The van der Waals surface area contributed by atoms with Gasteiger partial charge in [0.2, 0.25) is 0 Å². The lowest BCUT2D eigenvalue weighted by molar-refractivity contribution is -0.141. The van der Waals surface area contributed by atoms with E-state index in [0.29, 0.717) is 10.6 Å². The van der Waals surface area contributed by atoms with Crippen LogP contribution in [0.15, 0.2) is 53.4 Å². The van der Waals surface area contributed by atoms with E-state index in [1.54, 1.807) is 12.1 Å². The first-order valence-corrected chi connectivity index (χ1v) is 9.21. The van der Waals surface area contributed by atoms with Gasteiger partial charge in [-0.15, -0.1) is 0 Å². The number of ether oxygens (including phenoxy) is 1. The summed E-state index contributed by atoms with van der Waals surface area (Å²) in [6.07, 6.45) is -3.16. The van der Waals surface area contributed by atoms with Crippen LogP contribution < -0.4 is 4.74 Å². The average molecular weight is 398 g/mol. The van der Waals surface area contributed by atoms with E-state index < -0.39 is 28.9 Å². The van der Waals surface area contributed by atoms with Crippen molar-refractivity contribution in [3.63, 3.8) is 0 Å². The van der Waals surface area contributed by atoms with Gasteiger partial charge in [-0.05, 0) is 59.7 Å². The Morgan fingerprint density at radius 2 is 1.74 bits per heavy atom. The second-order valence-corrected chi connectivity index (χ2v) is 7.00. The number of methoxy groups -OCH3 is 1. The number of nitrogens with zero attached hydrogens (tertiary/aromatic N) is 2. The normalized spacial score (nSPS) is 12.9.